The Morgan fingerprint density at radius 2 is 1.77 bits per heavy atom. The average molecular weight is 423 g/mol. The summed E-state index contributed by atoms with van der Waals surface area (Å²) in [7, 11) is 1.67. The molecular formula is C23H26FN5O2. The lowest BCUT2D eigenvalue weighted by Gasteiger charge is -2.31. The van der Waals surface area contributed by atoms with Gasteiger partial charge in [-0.3, -0.25) is 9.69 Å². The minimum Gasteiger partial charge on any atom is -0.351 e. The van der Waals surface area contributed by atoms with E-state index in [-0.39, 0.29) is 23.3 Å². The number of likely N-dealkylation sites (tertiary alicyclic amines) is 1. The van der Waals surface area contributed by atoms with Crippen LogP contribution < -0.4 is 11.0 Å². The summed E-state index contributed by atoms with van der Waals surface area (Å²) in [6, 6.07) is 15.7. The number of aryl methyl sites for hydroxylation is 1. The summed E-state index contributed by atoms with van der Waals surface area (Å²) in [6.07, 6.45) is 1.66. The van der Waals surface area contributed by atoms with Crippen LogP contribution in [0, 0.1) is 5.82 Å². The van der Waals surface area contributed by atoms with Crippen LogP contribution in [0.25, 0.3) is 5.69 Å². The number of carbonyl (C=O) groups is 1. The lowest BCUT2D eigenvalue weighted by atomic mass is 9.95. The topological polar surface area (TPSA) is 72.2 Å². The molecule has 0 bridgehead atoms. The first-order valence-corrected chi connectivity index (χ1v) is 10.5. The van der Waals surface area contributed by atoms with Crippen LogP contribution in [-0.4, -0.2) is 44.8 Å². The number of nitrogens with zero attached hydrogens (tertiary/aromatic N) is 4. The summed E-state index contributed by atoms with van der Waals surface area (Å²) >= 11 is 0. The highest BCUT2D eigenvalue weighted by Gasteiger charge is 2.27. The third-order valence-corrected chi connectivity index (χ3v) is 5.69. The summed E-state index contributed by atoms with van der Waals surface area (Å²) in [5.41, 5.74) is 1.53. The van der Waals surface area contributed by atoms with Crippen molar-refractivity contribution in [3.63, 3.8) is 0 Å². The lowest BCUT2D eigenvalue weighted by molar-refractivity contribution is -0.122. The molecular weight excluding hydrogens is 397 g/mol. The molecule has 162 valence electrons. The molecule has 2 aromatic carbocycles. The standard InChI is InChI=1S/C23H26FN5O2/c1-27-23(31)29(20-5-3-2-4-6-20)22(26-27)18-11-13-28(14-12-18)16-21(30)25-15-17-7-9-19(24)10-8-17/h2-10,18H,11-16H2,1H3,(H,25,30). The zero-order valence-electron chi connectivity index (χ0n) is 17.5. The Balaban J connectivity index is 1.34. The van der Waals surface area contributed by atoms with E-state index in [9.17, 15) is 14.0 Å². The normalized spacial score (nSPS) is 15.2. The molecule has 3 aromatic rings. The van der Waals surface area contributed by atoms with Gasteiger partial charge in [0.05, 0.1) is 12.2 Å². The fourth-order valence-electron chi connectivity index (χ4n) is 3.98. The first-order chi connectivity index (χ1) is 15.0. The van der Waals surface area contributed by atoms with E-state index in [1.165, 1.54) is 16.8 Å². The van der Waals surface area contributed by atoms with Crippen LogP contribution in [0.2, 0.25) is 0 Å². The van der Waals surface area contributed by atoms with Gasteiger partial charge in [-0.2, -0.15) is 5.10 Å². The Morgan fingerprint density at radius 3 is 2.45 bits per heavy atom. The Hall–Kier alpha value is -3.26. The van der Waals surface area contributed by atoms with Gasteiger partial charge in [-0.25, -0.2) is 18.4 Å². The summed E-state index contributed by atoms with van der Waals surface area (Å²) in [4.78, 5) is 27.0. The molecule has 1 aromatic heterocycles. The number of carbonyl (C=O) groups excluding carboxylic acids is 1. The summed E-state index contributed by atoms with van der Waals surface area (Å²) in [5.74, 6) is 0.595. The molecule has 8 heteroatoms. The summed E-state index contributed by atoms with van der Waals surface area (Å²) in [6.45, 7) is 2.22. The molecule has 7 nitrogen and oxygen atoms in total. The second-order valence-electron chi connectivity index (χ2n) is 7.89. The SMILES string of the molecule is Cn1nc(C2CCN(CC(=O)NCc3ccc(F)cc3)CC2)n(-c2ccccc2)c1=O. The third-order valence-electron chi connectivity index (χ3n) is 5.69. The van der Waals surface area contributed by atoms with Crippen molar-refractivity contribution in [2.24, 2.45) is 7.05 Å². The fraction of sp³-hybridized carbons (Fsp3) is 0.348. The van der Waals surface area contributed by atoms with Gasteiger partial charge in [0.1, 0.15) is 11.6 Å². The quantitative estimate of drug-likeness (QED) is 0.660. The second-order valence-corrected chi connectivity index (χ2v) is 7.89. The molecule has 1 aliphatic heterocycles. The maximum absolute atomic E-state index is 13.0. The van der Waals surface area contributed by atoms with Crippen molar-refractivity contribution in [1.29, 1.82) is 0 Å². The minimum absolute atomic E-state index is 0.0539. The highest BCUT2D eigenvalue weighted by molar-refractivity contribution is 5.78. The molecule has 2 heterocycles. The number of piperidine rings is 1. The molecule has 1 N–H and O–H groups in total. The van der Waals surface area contributed by atoms with Crippen molar-refractivity contribution in [2.45, 2.75) is 25.3 Å². The zero-order valence-corrected chi connectivity index (χ0v) is 17.5. The summed E-state index contributed by atoms with van der Waals surface area (Å²) in [5, 5.41) is 7.39. The highest BCUT2D eigenvalue weighted by atomic mass is 19.1. The van der Waals surface area contributed by atoms with Gasteiger partial charge in [0, 0.05) is 19.5 Å². The van der Waals surface area contributed by atoms with Gasteiger partial charge in [-0.1, -0.05) is 30.3 Å². The molecule has 4 rings (SSSR count). The number of nitrogens with one attached hydrogen (secondary N) is 1. The van der Waals surface area contributed by atoms with E-state index in [1.807, 2.05) is 30.3 Å². The smallest absolute Gasteiger partial charge is 0.350 e. The van der Waals surface area contributed by atoms with Gasteiger partial charge in [0.25, 0.3) is 0 Å². The largest absolute Gasteiger partial charge is 0.351 e. The zero-order chi connectivity index (χ0) is 21.8. The number of benzene rings is 2. The van der Waals surface area contributed by atoms with Crippen LogP contribution in [0.5, 0.6) is 0 Å². The summed E-state index contributed by atoms with van der Waals surface area (Å²) < 4.78 is 16.1. The second kappa shape index (κ2) is 9.26. The molecule has 0 atom stereocenters. The fourth-order valence-corrected chi connectivity index (χ4v) is 3.98. The molecule has 0 spiro atoms. The van der Waals surface area contributed by atoms with E-state index >= 15 is 0 Å². The van der Waals surface area contributed by atoms with E-state index < -0.39 is 0 Å². The maximum Gasteiger partial charge on any atom is 0.350 e. The number of hydrogen-bond donors (Lipinski definition) is 1. The molecule has 0 unspecified atom stereocenters. The highest BCUT2D eigenvalue weighted by Crippen LogP contribution is 2.27. The Morgan fingerprint density at radius 1 is 1.10 bits per heavy atom. The van der Waals surface area contributed by atoms with Crippen molar-refractivity contribution in [2.75, 3.05) is 19.6 Å². The Kier molecular flexibility index (Phi) is 6.27. The minimum atomic E-state index is -0.288. The third kappa shape index (κ3) is 4.91. The van der Waals surface area contributed by atoms with E-state index in [0.29, 0.717) is 13.1 Å². The molecule has 0 saturated carbocycles. The predicted molar refractivity (Wildman–Crippen MR) is 115 cm³/mol. The van der Waals surface area contributed by atoms with Gasteiger partial charge in [-0.05, 0) is 55.8 Å². The Bertz CT molecular complexity index is 1080. The number of aromatic nitrogens is 3. The van der Waals surface area contributed by atoms with E-state index in [0.717, 1.165) is 43.0 Å². The molecule has 31 heavy (non-hydrogen) atoms. The monoisotopic (exact) mass is 423 g/mol. The van der Waals surface area contributed by atoms with Crippen molar-refractivity contribution in [3.05, 3.63) is 82.3 Å². The molecule has 1 saturated heterocycles. The van der Waals surface area contributed by atoms with Crippen LogP contribution in [-0.2, 0) is 18.4 Å². The first-order valence-electron chi connectivity index (χ1n) is 10.5. The molecule has 0 radical (unpaired) electrons. The number of amides is 1. The predicted octanol–water partition coefficient (Wildman–Crippen LogP) is 2.21. The number of hydrogen-bond acceptors (Lipinski definition) is 4. The lowest BCUT2D eigenvalue weighted by Crippen LogP contribution is -2.41. The average Bonchev–Trinajstić information content (AvgIpc) is 3.09. The van der Waals surface area contributed by atoms with Gasteiger partial charge >= 0.3 is 5.69 Å². The Labute approximate surface area is 180 Å². The molecule has 1 amide bonds. The van der Waals surface area contributed by atoms with Gasteiger partial charge in [0.15, 0.2) is 0 Å². The van der Waals surface area contributed by atoms with E-state index in [4.69, 9.17) is 0 Å². The van der Waals surface area contributed by atoms with Gasteiger partial charge in [0.2, 0.25) is 5.91 Å². The van der Waals surface area contributed by atoms with Crippen molar-refractivity contribution < 1.29 is 9.18 Å². The van der Waals surface area contributed by atoms with Crippen LogP contribution in [0.3, 0.4) is 0 Å². The number of rotatable bonds is 6. The van der Waals surface area contributed by atoms with Crippen LogP contribution in [0.1, 0.15) is 30.1 Å². The molecule has 1 fully saturated rings. The van der Waals surface area contributed by atoms with Crippen molar-refractivity contribution >= 4 is 5.91 Å². The maximum atomic E-state index is 13.0. The van der Waals surface area contributed by atoms with Gasteiger partial charge in [-0.15, -0.1) is 0 Å². The molecule has 0 aliphatic carbocycles. The van der Waals surface area contributed by atoms with E-state index in [2.05, 4.69) is 15.3 Å². The van der Waals surface area contributed by atoms with Crippen molar-refractivity contribution in [1.82, 2.24) is 24.6 Å². The van der Waals surface area contributed by atoms with Crippen molar-refractivity contribution in [3.8, 4) is 5.69 Å². The van der Waals surface area contributed by atoms with Crippen LogP contribution >= 0.6 is 0 Å². The first kappa shape index (κ1) is 21.0. The van der Waals surface area contributed by atoms with Crippen LogP contribution in [0.4, 0.5) is 4.39 Å². The number of para-hydroxylation sites is 1. The van der Waals surface area contributed by atoms with E-state index in [1.54, 1.807) is 23.7 Å². The molecule has 1 aliphatic rings. The number of halogens is 1. The van der Waals surface area contributed by atoms with Crippen LogP contribution in [0.15, 0.2) is 59.4 Å². The van der Waals surface area contributed by atoms with Gasteiger partial charge < -0.3 is 5.32 Å².